The summed E-state index contributed by atoms with van der Waals surface area (Å²) in [5.41, 5.74) is 1.91. The molecule has 2 N–H and O–H groups in total. The lowest BCUT2D eigenvalue weighted by Crippen LogP contribution is -2.28. The molecule has 1 aliphatic carbocycles. The summed E-state index contributed by atoms with van der Waals surface area (Å²) in [6, 6.07) is 8.26. The van der Waals surface area contributed by atoms with Crippen molar-refractivity contribution in [2.45, 2.75) is 31.7 Å². The lowest BCUT2D eigenvalue weighted by Gasteiger charge is -2.17. The minimum atomic E-state index is 0.494. The Kier molecular flexibility index (Phi) is 3.97. The monoisotopic (exact) mass is 279 g/mol. The van der Waals surface area contributed by atoms with Crippen LogP contribution in [0, 0.1) is 11.3 Å². The molecule has 0 radical (unpaired) electrons. The number of aliphatic imine (C=N–C) groups is 1. The van der Waals surface area contributed by atoms with Crippen LogP contribution in [0.15, 0.2) is 47.0 Å². The molecule has 2 heterocycles. The molecule has 1 fully saturated rings. The first kappa shape index (κ1) is 13.4. The lowest BCUT2D eigenvalue weighted by atomic mass is 10.1. The van der Waals surface area contributed by atoms with Crippen molar-refractivity contribution in [1.29, 1.82) is 5.26 Å². The van der Waals surface area contributed by atoms with Gasteiger partial charge in [0.2, 0.25) is 0 Å². The number of nitrogens with zero attached hydrogens (tertiary/aromatic N) is 3. The predicted molar refractivity (Wildman–Crippen MR) is 81.9 cm³/mol. The zero-order valence-corrected chi connectivity index (χ0v) is 11.7. The highest BCUT2D eigenvalue weighted by Gasteiger charge is 2.17. The fourth-order valence-corrected chi connectivity index (χ4v) is 2.66. The maximum Gasteiger partial charge on any atom is 0.130 e. The van der Waals surface area contributed by atoms with Crippen LogP contribution in [-0.4, -0.2) is 17.4 Å². The van der Waals surface area contributed by atoms with E-state index >= 15 is 0 Å². The SMILES string of the molecule is N#CC(=C1C=C(NC2CCCC2)N=CN1)c1ccccn1. The van der Waals surface area contributed by atoms with Gasteiger partial charge < -0.3 is 10.6 Å². The quantitative estimate of drug-likeness (QED) is 0.833. The van der Waals surface area contributed by atoms with Crippen LogP contribution in [0.5, 0.6) is 0 Å². The first-order valence-corrected chi connectivity index (χ1v) is 7.20. The summed E-state index contributed by atoms with van der Waals surface area (Å²) in [6.45, 7) is 0. The van der Waals surface area contributed by atoms with Crippen LogP contribution in [0.2, 0.25) is 0 Å². The summed E-state index contributed by atoms with van der Waals surface area (Å²) in [7, 11) is 0. The van der Waals surface area contributed by atoms with E-state index < -0.39 is 0 Å². The summed E-state index contributed by atoms with van der Waals surface area (Å²) in [4.78, 5) is 8.54. The molecule has 1 aromatic heterocycles. The summed E-state index contributed by atoms with van der Waals surface area (Å²) in [5, 5.41) is 15.9. The highest BCUT2D eigenvalue weighted by atomic mass is 15.1. The number of nitrogens with one attached hydrogen (secondary N) is 2. The van der Waals surface area contributed by atoms with E-state index in [1.165, 1.54) is 25.7 Å². The highest BCUT2D eigenvalue weighted by molar-refractivity contribution is 5.82. The Labute approximate surface area is 124 Å². The molecular formula is C16H17N5. The average Bonchev–Trinajstić information content (AvgIpc) is 3.02. The Bertz CT molecular complexity index is 630. The van der Waals surface area contributed by atoms with Crippen molar-refractivity contribution in [2.75, 3.05) is 0 Å². The fourth-order valence-electron chi connectivity index (χ4n) is 2.66. The molecule has 0 spiro atoms. The van der Waals surface area contributed by atoms with Gasteiger partial charge in [0.15, 0.2) is 0 Å². The second-order valence-corrected chi connectivity index (χ2v) is 5.17. The average molecular weight is 279 g/mol. The largest absolute Gasteiger partial charge is 0.367 e. The molecule has 0 unspecified atom stereocenters. The molecule has 21 heavy (non-hydrogen) atoms. The van der Waals surface area contributed by atoms with Crippen LogP contribution < -0.4 is 10.6 Å². The third kappa shape index (κ3) is 3.11. The summed E-state index contributed by atoms with van der Waals surface area (Å²) >= 11 is 0. The van der Waals surface area contributed by atoms with E-state index in [9.17, 15) is 5.26 Å². The molecule has 1 aromatic rings. The van der Waals surface area contributed by atoms with E-state index in [0.717, 1.165) is 11.5 Å². The molecule has 1 saturated carbocycles. The van der Waals surface area contributed by atoms with E-state index in [1.807, 2.05) is 24.3 Å². The number of aromatic nitrogens is 1. The number of allylic oxidation sites excluding steroid dienone is 2. The number of pyridine rings is 1. The maximum absolute atomic E-state index is 9.42. The van der Waals surface area contributed by atoms with Crippen molar-refractivity contribution in [2.24, 2.45) is 4.99 Å². The summed E-state index contributed by atoms with van der Waals surface area (Å²) < 4.78 is 0. The Morgan fingerprint density at radius 2 is 2.19 bits per heavy atom. The van der Waals surface area contributed by atoms with Crippen molar-refractivity contribution in [3.05, 3.63) is 47.7 Å². The molecule has 0 bridgehead atoms. The molecule has 0 aromatic carbocycles. The van der Waals surface area contributed by atoms with Gasteiger partial charge in [-0.15, -0.1) is 0 Å². The molecule has 3 rings (SSSR count). The third-order valence-corrected chi connectivity index (χ3v) is 3.71. The van der Waals surface area contributed by atoms with Crippen LogP contribution in [0.25, 0.3) is 5.57 Å². The van der Waals surface area contributed by atoms with Gasteiger partial charge in [-0.25, -0.2) is 4.99 Å². The zero-order chi connectivity index (χ0) is 14.5. The second kappa shape index (κ2) is 6.23. The first-order valence-electron chi connectivity index (χ1n) is 7.20. The Morgan fingerprint density at radius 1 is 1.33 bits per heavy atom. The van der Waals surface area contributed by atoms with Gasteiger partial charge in [-0.05, 0) is 25.0 Å². The smallest absolute Gasteiger partial charge is 0.130 e. The molecule has 106 valence electrons. The Hall–Kier alpha value is -2.61. The van der Waals surface area contributed by atoms with E-state index in [-0.39, 0.29) is 0 Å². The van der Waals surface area contributed by atoms with Crippen molar-refractivity contribution in [1.82, 2.24) is 15.6 Å². The topological polar surface area (TPSA) is 73.1 Å². The van der Waals surface area contributed by atoms with E-state index in [1.54, 1.807) is 12.5 Å². The van der Waals surface area contributed by atoms with Crippen molar-refractivity contribution in [3.63, 3.8) is 0 Å². The summed E-state index contributed by atoms with van der Waals surface area (Å²) in [6.07, 6.45) is 10.1. The van der Waals surface area contributed by atoms with Crippen molar-refractivity contribution in [3.8, 4) is 6.07 Å². The van der Waals surface area contributed by atoms with Gasteiger partial charge in [-0.2, -0.15) is 5.26 Å². The number of hydrogen-bond donors (Lipinski definition) is 2. The van der Waals surface area contributed by atoms with E-state index in [0.29, 0.717) is 17.3 Å². The van der Waals surface area contributed by atoms with Gasteiger partial charge in [-0.1, -0.05) is 18.9 Å². The minimum absolute atomic E-state index is 0.494. The van der Waals surface area contributed by atoms with Crippen molar-refractivity contribution >= 4 is 11.9 Å². The normalized spacial score (nSPS) is 20.4. The molecule has 5 heteroatoms. The van der Waals surface area contributed by atoms with Gasteiger partial charge in [0, 0.05) is 18.3 Å². The molecule has 0 amide bonds. The van der Waals surface area contributed by atoms with Gasteiger partial charge in [0.05, 0.1) is 17.7 Å². The van der Waals surface area contributed by atoms with E-state index in [2.05, 4.69) is 26.7 Å². The molecular weight excluding hydrogens is 262 g/mol. The number of rotatable bonds is 3. The highest BCUT2D eigenvalue weighted by Crippen LogP contribution is 2.21. The van der Waals surface area contributed by atoms with Gasteiger partial charge in [0.25, 0.3) is 0 Å². The number of nitriles is 1. The maximum atomic E-state index is 9.42. The van der Waals surface area contributed by atoms with Gasteiger partial charge >= 0.3 is 0 Å². The molecule has 0 saturated heterocycles. The molecule has 5 nitrogen and oxygen atoms in total. The van der Waals surface area contributed by atoms with Crippen LogP contribution in [0.3, 0.4) is 0 Å². The second-order valence-electron chi connectivity index (χ2n) is 5.17. The van der Waals surface area contributed by atoms with Crippen LogP contribution in [-0.2, 0) is 0 Å². The van der Waals surface area contributed by atoms with Crippen LogP contribution >= 0.6 is 0 Å². The summed E-state index contributed by atoms with van der Waals surface area (Å²) in [5.74, 6) is 0.805. The number of hydrogen-bond acceptors (Lipinski definition) is 5. The van der Waals surface area contributed by atoms with E-state index in [4.69, 9.17) is 0 Å². The standard InChI is InChI=1S/C16H17N5/c17-10-13(14-7-3-4-8-18-14)15-9-16(20-11-19-15)21-12-5-1-2-6-12/h3-4,7-9,11-12,21H,1-2,5-6H2,(H,19,20). The van der Waals surface area contributed by atoms with Crippen molar-refractivity contribution < 1.29 is 0 Å². The van der Waals surface area contributed by atoms with Gasteiger partial charge in [0.1, 0.15) is 17.5 Å². The lowest BCUT2D eigenvalue weighted by molar-refractivity contribution is 0.579. The van der Waals surface area contributed by atoms with Crippen LogP contribution in [0.4, 0.5) is 0 Å². The third-order valence-electron chi connectivity index (χ3n) is 3.71. The Balaban J connectivity index is 1.86. The zero-order valence-electron chi connectivity index (χ0n) is 11.7. The first-order chi connectivity index (χ1) is 10.4. The molecule has 0 atom stereocenters. The predicted octanol–water partition coefficient (Wildman–Crippen LogP) is 2.32. The minimum Gasteiger partial charge on any atom is -0.367 e. The molecule has 2 aliphatic rings. The molecule has 1 aliphatic heterocycles. The van der Waals surface area contributed by atoms with Gasteiger partial charge in [-0.3, -0.25) is 4.98 Å². The Morgan fingerprint density at radius 3 is 2.90 bits per heavy atom. The van der Waals surface area contributed by atoms with Crippen LogP contribution in [0.1, 0.15) is 31.4 Å². The fraction of sp³-hybridized carbons (Fsp3) is 0.312.